The highest BCUT2D eigenvalue weighted by molar-refractivity contribution is 6.01. The molecule has 0 radical (unpaired) electrons. The highest BCUT2D eigenvalue weighted by Crippen LogP contribution is 2.36. The van der Waals surface area contributed by atoms with Crippen molar-refractivity contribution in [3.63, 3.8) is 0 Å². The standard InChI is InChI=1S/C36H46F3N5O4/c1-5-47-34-32(35(48-6-2)41-24-40-34)44(31(45)23-25(3)4)20-10-9-19-43-21-17-28(18-22-43)42-33(46)30-12-8-7-11-29(30)26-13-15-27(16-14-26)36(37,38)39/h7-8,11-16,24-25,28H,5-6,9-10,17-23H2,1-4H3,(H,42,46). The van der Waals surface area contributed by atoms with E-state index in [2.05, 4.69) is 20.2 Å². The van der Waals surface area contributed by atoms with Crippen LogP contribution < -0.4 is 19.7 Å². The number of aromatic nitrogens is 2. The first-order chi connectivity index (χ1) is 23.0. The number of halogens is 3. The summed E-state index contributed by atoms with van der Waals surface area (Å²) in [5, 5.41) is 3.14. The van der Waals surface area contributed by atoms with Crippen LogP contribution in [0.5, 0.6) is 11.8 Å². The number of hydrogen-bond donors (Lipinski definition) is 1. The molecular weight excluding hydrogens is 623 g/mol. The molecule has 0 saturated carbocycles. The van der Waals surface area contributed by atoms with E-state index in [-0.39, 0.29) is 23.8 Å². The van der Waals surface area contributed by atoms with E-state index in [4.69, 9.17) is 9.47 Å². The number of nitrogens with one attached hydrogen (secondary N) is 1. The van der Waals surface area contributed by atoms with Crippen LogP contribution in [0.4, 0.5) is 18.9 Å². The largest absolute Gasteiger partial charge is 0.476 e. The summed E-state index contributed by atoms with van der Waals surface area (Å²) in [6.45, 7) is 11.5. The monoisotopic (exact) mass is 669 g/mol. The SMILES string of the molecule is CCOc1ncnc(OCC)c1N(CCCCN1CCC(NC(=O)c2ccccc2-c2ccc(C(F)(F)F)cc2)CC1)C(=O)CC(C)C. The molecular formula is C36H46F3N5O4. The van der Waals surface area contributed by atoms with Gasteiger partial charge in [-0.2, -0.15) is 23.1 Å². The zero-order valence-electron chi connectivity index (χ0n) is 28.2. The summed E-state index contributed by atoms with van der Waals surface area (Å²) in [5.74, 6) is 0.574. The molecule has 2 heterocycles. The first kappa shape index (κ1) is 36.6. The van der Waals surface area contributed by atoms with E-state index < -0.39 is 11.7 Å². The van der Waals surface area contributed by atoms with Crippen molar-refractivity contribution in [1.29, 1.82) is 0 Å². The van der Waals surface area contributed by atoms with Crippen molar-refractivity contribution in [2.24, 2.45) is 5.92 Å². The van der Waals surface area contributed by atoms with E-state index in [0.717, 1.165) is 57.5 Å². The summed E-state index contributed by atoms with van der Waals surface area (Å²) in [7, 11) is 0. The molecule has 2 aromatic carbocycles. The molecule has 3 aromatic rings. The predicted octanol–water partition coefficient (Wildman–Crippen LogP) is 7.01. The summed E-state index contributed by atoms with van der Waals surface area (Å²) in [6.07, 6.45) is 0.525. The second-order valence-corrected chi connectivity index (χ2v) is 12.3. The molecule has 0 unspecified atom stereocenters. The van der Waals surface area contributed by atoms with Crippen LogP contribution >= 0.6 is 0 Å². The quantitative estimate of drug-likeness (QED) is 0.174. The lowest BCUT2D eigenvalue weighted by atomic mass is 9.97. The number of hydrogen-bond acceptors (Lipinski definition) is 7. The fourth-order valence-corrected chi connectivity index (χ4v) is 5.82. The van der Waals surface area contributed by atoms with Crippen LogP contribution in [-0.2, 0) is 11.0 Å². The first-order valence-corrected chi connectivity index (χ1v) is 16.7. The fourth-order valence-electron chi connectivity index (χ4n) is 5.82. The Balaban J connectivity index is 1.31. The van der Waals surface area contributed by atoms with Crippen molar-refractivity contribution in [3.8, 4) is 22.9 Å². The normalized spacial score (nSPS) is 14.2. The summed E-state index contributed by atoms with van der Waals surface area (Å²) < 4.78 is 50.7. The minimum Gasteiger partial charge on any atom is -0.476 e. The van der Waals surface area contributed by atoms with Crippen LogP contribution in [0.15, 0.2) is 54.9 Å². The Labute approximate surface area is 280 Å². The highest BCUT2D eigenvalue weighted by atomic mass is 19.4. The van der Waals surface area contributed by atoms with Gasteiger partial charge in [-0.1, -0.05) is 44.2 Å². The number of unbranched alkanes of at least 4 members (excludes halogenated alkanes) is 1. The topological polar surface area (TPSA) is 96.9 Å². The molecule has 1 N–H and O–H groups in total. The lowest BCUT2D eigenvalue weighted by Crippen LogP contribution is -2.45. The number of nitrogens with zero attached hydrogens (tertiary/aromatic N) is 4. The van der Waals surface area contributed by atoms with Crippen LogP contribution in [0.2, 0.25) is 0 Å². The third-order valence-corrected chi connectivity index (χ3v) is 8.19. The number of benzene rings is 2. The number of amides is 2. The maximum absolute atomic E-state index is 13.4. The molecule has 1 aromatic heterocycles. The van der Waals surface area contributed by atoms with Gasteiger partial charge in [0.25, 0.3) is 5.91 Å². The van der Waals surface area contributed by atoms with Gasteiger partial charge in [-0.05, 0) is 81.3 Å². The Morgan fingerprint density at radius 2 is 1.58 bits per heavy atom. The molecule has 12 heteroatoms. The molecule has 1 saturated heterocycles. The van der Waals surface area contributed by atoms with Crippen molar-refractivity contribution in [2.45, 2.75) is 72.0 Å². The second-order valence-electron chi connectivity index (χ2n) is 12.3. The number of likely N-dealkylation sites (tertiary alicyclic amines) is 1. The Morgan fingerprint density at radius 1 is 0.958 bits per heavy atom. The molecule has 0 bridgehead atoms. The van der Waals surface area contributed by atoms with Crippen LogP contribution in [0.1, 0.15) is 75.7 Å². The van der Waals surface area contributed by atoms with Crippen molar-refractivity contribution in [1.82, 2.24) is 20.2 Å². The minimum absolute atomic E-state index is 0.00869. The van der Waals surface area contributed by atoms with Gasteiger partial charge >= 0.3 is 6.18 Å². The molecule has 48 heavy (non-hydrogen) atoms. The summed E-state index contributed by atoms with van der Waals surface area (Å²) in [6, 6.07) is 11.8. The maximum atomic E-state index is 13.4. The van der Waals surface area contributed by atoms with E-state index in [1.165, 1.54) is 18.5 Å². The van der Waals surface area contributed by atoms with Crippen LogP contribution in [0.25, 0.3) is 11.1 Å². The zero-order valence-corrected chi connectivity index (χ0v) is 28.2. The molecule has 0 aliphatic carbocycles. The van der Waals surface area contributed by atoms with E-state index in [1.807, 2.05) is 27.7 Å². The lowest BCUT2D eigenvalue weighted by Gasteiger charge is -2.32. The minimum atomic E-state index is -4.42. The lowest BCUT2D eigenvalue weighted by molar-refractivity contribution is -0.137. The highest BCUT2D eigenvalue weighted by Gasteiger charge is 2.30. The van der Waals surface area contributed by atoms with Crippen molar-refractivity contribution < 1.29 is 32.2 Å². The molecule has 0 atom stereocenters. The predicted molar refractivity (Wildman–Crippen MR) is 179 cm³/mol. The van der Waals surface area contributed by atoms with E-state index in [1.54, 1.807) is 29.2 Å². The van der Waals surface area contributed by atoms with Crippen molar-refractivity contribution in [3.05, 3.63) is 66.0 Å². The Hall–Kier alpha value is -4.19. The molecule has 9 nitrogen and oxygen atoms in total. The van der Waals surface area contributed by atoms with Gasteiger partial charge < -0.3 is 24.6 Å². The second kappa shape index (κ2) is 17.3. The summed E-state index contributed by atoms with van der Waals surface area (Å²) >= 11 is 0. The van der Waals surface area contributed by atoms with Crippen LogP contribution in [-0.4, -0.2) is 72.1 Å². The van der Waals surface area contributed by atoms with Gasteiger partial charge in [-0.15, -0.1) is 0 Å². The van der Waals surface area contributed by atoms with Gasteiger partial charge in [0.1, 0.15) is 6.33 Å². The Bertz CT molecular complexity index is 1470. The third kappa shape index (κ3) is 9.91. The Kier molecular flexibility index (Phi) is 13.2. The van der Waals surface area contributed by atoms with Gasteiger partial charge in [0.05, 0.1) is 18.8 Å². The summed E-state index contributed by atoms with van der Waals surface area (Å²) in [4.78, 5) is 39.4. The van der Waals surface area contributed by atoms with Gasteiger partial charge in [0, 0.05) is 37.7 Å². The number of anilines is 1. The molecule has 1 fully saturated rings. The van der Waals surface area contributed by atoms with Crippen molar-refractivity contribution >= 4 is 17.5 Å². The number of alkyl halides is 3. The number of piperidine rings is 1. The number of carbonyl (C=O) groups is 2. The molecule has 260 valence electrons. The van der Waals surface area contributed by atoms with Crippen molar-refractivity contribution in [2.75, 3.05) is 44.3 Å². The summed E-state index contributed by atoms with van der Waals surface area (Å²) in [5.41, 5.74) is 1.32. The van der Waals surface area contributed by atoms with Crippen LogP contribution in [0.3, 0.4) is 0 Å². The van der Waals surface area contributed by atoms with E-state index in [0.29, 0.717) is 60.3 Å². The number of rotatable bonds is 15. The molecule has 2 amide bonds. The maximum Gasteiger partial charge on any atom is 0.416 e. The molecule has 1 aliphatic rings. The average molecular weight is 670 g/mol. The Morgan fingerprint density at radius 3 is 2.17 bits per heavy atom. The zero-order chi connectivity index (χ0) is 34.7. The third-order valence-electron chi connectivity index (χ3n) is 8.19. The van der Waals surface area contributed by atoms with Crippen LogP contribution in [0, 0.1) is 5.92 Å². The van der Waals surface area contributed by atoms with Gasteiger partial charge in [0.2, 0.25) is 17.7 Å². The molecule has 0 spiro atoms. The van der Waals surface area contributed by atoms with Gasteiger partial charge in [-0.3, -0.25) is 9.59 Å². The fraction of sp³-hybridized carbons (Fsp3) is 0.500. The van der Waals surface area contributed by atoms with E-state index in [9.17, 15) is 22.8 Å². The van der Waals surface area contributed by atoms with E-state index >= 15 is 0 Å². The first-order valence-electron chi connectivity index (χ1n) is 16.7. The molecule has 1 aliphatic heterocycles. The number of ether oxygens (including phenoxy) is 2. The van der Waals surface area contributed by atoms with Gasteiger partial charge in [-0.25, -0.2) is 0 Å². The smallest absolute Gasteiger partial charge is 0.416 e. The molecule has 4 rings (SSSR count). The number of carbonyl (C=O) groups excluding carboxylic acids is 2. The average Bonchev–Trinajstić information content (AvgIpc) is 3.06. The van der Waals surface area contributed by atoms with Gasteiger partial charge in [0.15, 0.2) is 5.69 Å².